The van der Waals surface area contributed by atoms with E-state index in [0.29, 0.717) is 0 Å². The Morgan fingerprint density at radius 3 is 2.43 bits per heavy atom. The van der Waals surface area contributed by atoms with E-state index >= 15 is 0 Å². The molecule has 1 nitrogen and oxygen atoms in total. The van der Waals surface area contributed by atoms with Crippen molar-refractivity contribution in [3.05, 3.63) is 48.0 Å². The number of hydrogen-bond acceptors (Lipinski definition) is 1. The Labute approximate surface area is 86.1 Å². The Hall–Kier alpha value is -1.08. The van der Waals surface area contributed by atoms with Gasteiger partial charge in [0.05, 0.1) is 5.60 Å². The molecule has 76 valence electrons. The summed E-state index contributed by atoms with van der Waals surface area (Å²) in [5, 5.41) is 10.2. The lowest BCUT2D eigenvalue weighted by Crippen LogP contribution is -2.20. The van der Waals surface area contributed by atoms with Gasteiger partial charge in [-0.05, 0) is 32.3 Å². The molecule has 1 aromatic rings. The van der Waals surface area contributed by atoms with E-state index in [1.54, 1.807) is 0 Å². The summed E-state index contributed by atoms with van der Waals surface area (Å²) in [5.74, 6) is 0. The molecule has 0 amide bonds. The Morgan fingerprint density at radius 2 is 1.93 bits per heavy atom. The summed E-state index contributed by atoms with van der Waals surface area (Å²) in [4.78, 5) is 0. The molecule has 0 aliphatic rings. The van der Waals surface area contributed by atoms with Crippen molar-refractivity contribution >= 4 is 0 Å². The molecule has 1 aromatic carbocycles. The van der Waals surface area contributed by atoms with Crippen molar-refractivity contribution in [2.24, 2.45) is 0 Å². The predicted molar refractivity (Wildman–Crippen MR) is 60.1 cm³/mol. The molecule has 14 heavy (non-hydrogen) atoms. The first-order valence-corrected chi connectivity index (χ1v) is 4.94. The van der Waals surface area contributed by atoms with Gasteiger partial charge in [-0.1, -0.05) is 35.9 Å². The van der Waals surface area contributed by atoms with Gasteiger partial charge >= 0.3 is 0 Å². The van der Waals surface area contributed by atoms with Crippen molar-refractivity contribution in [3.8, 4) is 0 Å². The van der Waals surface area contributed by atoms with Gasteiger partial charge in [0.1, 0.15) is 0 Å². The number of rotatable bonds is 4. The minimum Gasteiger partial charge on any atom is -0.385 e. The maximum absolute atomic E-state index is 10.2. The van der Waals surface area contributed by atoms with Crippen LogP contribution in [-0.2, 0) is 5.60 Å². The second-order valence-electron chi connectivity index (χ2n) is 4.10. The molecule has 0 radical (unpaired) electrons. The Balaban J connectivity index is 2.70. The lowest BCUT2D eigenvalue weighted by molar-refractivity contribution is 0.0481. The lowest BCUT2D eigenvalue weighted by atomic mass is 9.90. The van der Waals surface area contributed by atoms with E-state index in [1.807, 2.05) is 44.2 Å². The maximum atomic E-state index is 10.2. The van der Waals surface area contributed by atoms with Crippen LogP contribution in [0.4, 0.5) is 0 Å². The average molecular weight is 190 g/mol. The maximum Gasteiger partial charge on any atom is 0.0871 e. The van der Waals surface area contributed by atoms with Crippen LogP contribution in [0.3, 0.4) is 0 Å². The fourth-order valence-corrected chi connectivity index (χ4v) is 1.40. The topological polar surface area (TPSA) is 20.2 Å². The first-order valence-electron chi connectivity index (χ1n) is 4.94. The molecular weight excluding hydrogens is 172 g/mol. The second-order valence-corrected chi connectivity index (χ2v) is 4.10. The predicted octanol–water partition coefficient (Wildman–Crippen LogP) is 3.25. The molecule has 1 unspecified atom stereocenters. The molecule has 0 aliphatic heterocycles. The van der Waals surface area contributed by atoms with E-state index in [9.17, 15) is 5.11 Å². The van der Waals surface area contributed by atoms with Crippen molar-refractivity contribution in [1.82, 2.24) is 0 Å². The molecule has 1 atom stereocenters. The van der Waals surface area contributed by atoms with E-state index in [-0.39, 0.29) is 0 Å². The second kappa shape index (κ2) is 4.43. The van der Waals surface area contributed by atoms with Crippen molar-refractivity contribution in [1.29, 1.82) is 0 Å². The Kier molecular flexibility index (Phi) is 3.48. The fraction of sp³-hybridized carbons (Fsp3) is 0.385. The number of hydrogen-bond donors (Lipinski definition) is 1. The standard InChI is InChI=1S/C13H18O/c1-11(2)9-10-13(3,14)12-7-5-4-6-8-12/h4-8,14H,1,9-10H2,2-3H3. The van der Waals surface area contributed by atoms with E-state index < -0.39 is 5.60 Å². The zero-order valence-corrected chi connectivity index (χ0v) is 8.96. The summed E-state index contributed by atoms with van der Waals surface area (Å²) in [6.07, 6.45) is 1.59. The molecule has 0 saturated carbocycles. The van der Waals surface area contributed by atoms with Crippen molar-refractivity contribution in [2.75, 3.05) is 0 Å². The van der Waals surface area contributed by atoms with Crippen LogP contribution >= 0.6 is 0 Å². The molecule has 0 fully saturated rings. The van der Waals surface area contributed by atoms with E-state index in [4.69, 9.17) is 0 Å². The van der Waals surface area contributed by atoms with Crippen molar-refractivity contribution in [3.63, 3.8) is 0 Å². The molecule has 1 heteroatoms. The summed E-state index contributed by atoms with van der Waals surface area (Å²) in [6, 6.07) is 9.77. The molecule has 0 bridgehead atoms. The highest BCUT2D eigenvalue weighted by Gasteiger charge is 2.21. The third kappa shape index (κ3) is 3.00. The normalized spacial score (nSPS) is 14.8. The largest absolute Gasteiger partial charge is 0.385 e. The number of aliphatic hydroxyl groups is 1. The summed E-state index contributed by atoms with van der Waals surface area (Å²) in [7, 11) is 0. The molecule has 1 rings (SSSR count). The summed E-state index contributed by atoms with van der Waals surface area (Å²) in [6.45, 7) is 7.68. The Morgan fingerprint density at radius 1 is 1.36 bits per heavy atom. The van der Waals surface area contributed by atoms with E-state index in [1.165, 1.54) is 0 Å². The van der Waals surface area contributed by atoms with Crippen LogP contribution < -0.4 is 0 Å². The van der Waals surface area contributed by atoms with Gasteiger partial charge in [-0.3, -0.25) is 0 Å². The first kappa shape index (κ1) is 11.0. The van der Waals surface area contributed by atoms with Crippen LogP contribution in [0.2, 0.25) is 0 Å². The van der Waals surface area contributed by atoms with Crippen LogP contribution in [0.5, 0.6) is 0 Å². The van der Waals surface area contributed by atoms with Crippen LogP contribution in [0, 0.1) is 0 Å². The van der Waals surface area contributed by atoms with Crippen LogP contribution in [0.25, 0.3) is 0 Å². The highest BCUT2D eigenvalue weighted by atomic mass is 16.3. The van der Waals surface area contributed by atoms with Gasteiger partial charge in [-0.15, -0.1) is 6.58 Å². The Bertz CT molecular complexity index is 298. The van der Waals surface area contributed by atoms with Crippen LogP contribution in [-0.4, -0.2) is 5.11 Å². The van der Waals surface area contributed by atoms with Gasteiger partial charge in [0.25, 0.3) is 0 Å². The van der Waals surface area contributed by atoms with Gasteiger partial charge in [0, 0.05) is 0 Å². The highest BCUT2D eigenvalue weighted by molar-refractivity contribution is 5.21. The highest BCUT2D eigenvalue weighted by Crippen LogP contribution is 2.26. The smallest absolute Gasteiger partial charge is 0.0871 e. The monoisotopic (exact) mass is 190 g/mol. The van der Waals surface area contributed by atoms with Gasteiger partial charge in [0.15, 0.2) is 0 Å². The third-order valence-electron chi connectivity index (χ3n) is 2.43. The van der Waals surface area contributed by atoms with Crippen LogP contribution in [0.1, 0.15) is 32.3 Å². The molecule has 1 N–H and O–H groups in total. The molecule has 0 spiro atoms. The summed E-state index contributed by atoms with van der Waals surface area (Å²) in [5.41, 5.74) is 1.35. The molecule has 0 heterocycles. The fourth-order valence-electron chi connectivity index (χ4n) is 1.40. The van der Waals surface area contributed by atoms with E-state index in [0.717, 1.165) is 24.0 Å². The minimum atomic E-state index is -0.736. The number of benzene rings is 1. The summed E-state index contributed by atoms with van der Waals surface area (Å²) >= 11 is 0. The van der Waals surface area contributed by atoms with Crippen molar-refractivity contribution < 1.29 is 5.11 Å². The quantitative estimate of drug-likeness (QED) is 0.722. The van der Waals surface area contributed by atoms with Crippen molar-refractivity contribution in [2.45, 2.75) is 32.3 Å². The van der Waals surface area contributed by atoms with E-state index in [2.05, 4.69) is 6.58 Å². The van der Waals surface area contributed by atoms with Gasteiger partial charge in [-0.2, -0.15) is 0 Å². The van der Waals surface area contributed by atoms with Crippen LogP contribution in [0.15, 0.2) is 42.5 Å². The third-order valence-corrected chi connectivity index (χ3v) is 2.43. The summed E-state index contributed by atoms with van der Waals surface area (Å²) < 4.78 is 0. The molecule has 0 aliphatic carbocycles. The SMILES string of the molecule is C=C(C)CCC(C)(O)c1ccccc1. The first-order chi connectivity index (χ1) is 6.52. The van der Waals surface area contributed by atoms with Gasteiger partial charge < -0.3 is 5.11 Å². The minimum absolute atomic E-state index is 0.729. The molecular formula is C13H18O. The lowest BCUT2D eigenvalue weighted by Gasteiger charge is -2.23. The zero-order valence-electron chi connectivity index (χ0n) is 8.96. The molecule has 0 saturated heterocycles. The van der Waals surface area contributed by atoms with Gasteiger partial charge in [0.2, 0.25) is 0 Å². The molecule has 0 aromatic heterocycles. The average Bonchev–Trinajstić information content (AvgIpc) is 2.16. The van der Waals surface area contributed by atoms with Gasteiger partial charge in [-0.25, -0.2) is 0 Å². The zero-order chi connectivity index (χ0) is 10.6. The number of allylic oxidation sites excluding steroid dienone is 1.